The third-order valence-corrected chi connectivity index (χ3v) is 5.24. The quantitative estimate of drug-likeness (QED) is 0.921. The lowest BCUT2D eigenvalue weighted by Gasteiger charge is -2.13. The first kappa shape index (κ1) is 15.4. The fraction of sp³-hybridized carbons (Fsp3) is 0.231. The van der Waals surface area contributed by atoms with Gasteiger partial charge in [-0.05, 0) is 38.1 Å². The minimum absolute atomic E-state index is 0.00416. The largest absolute Gasteiger partial charge is 0.465 e. The maximum atomic E-state index is 12.3. The summed E-state index contributed by atoms with van der Waals surface area (Å²) < 4.78 is 32.5. The van der Waals surface area contributed by atoms with Crippen molar-refractivity contribution in [2.75, 3.05) is 0 Å². The van der Waals surface area contributed by atoms with Gasteiger partial charge in [0.05, 0.1) is 16.1 Å². The molecule has 0 fully saturated rings. The van der Waals surface area contributed by atoms with Crippen LogP contribution in [0.1, 0.15) is 24.5 Å². The average molecular weight is 334 g/mol. The third kappa shape index (κ3) is 3.17. The lowest BCUT2D eigenvalue weighted by molar-refractivity contribution is 0.441. The number of hydrogen-bond acceptors (Lipinski definition) is 3. The van der Waals surface area contributed by atoms with Gasteiger partial charge >= 0.3 is 0 Å². The van der Waals surface area contributed by atoms with E-state index in [-0.39, 0.29) is 14.9 Å². The second-order valence-corrected chi connectivity index (χ2v) is 6.81. The van der Waals surface area contributed by atoms with Crippen LogP contribution in [0.5, 0.6) is 0 Å². The minimum atomic E-state index is -3.78. The van der Waals surface area contributed by atoms with Crippen molar-refractivity contribution in [2.45, 2.75) is 24.8 Å². The Hall–Kier alpha value is -1.01. The molecule has 0 bridgehead atoms. The number of sulfonamides is 1. The first-order valence-electron chi connectivity index (χ1n) is 5.84. The van der Waals surface area contributed by atoms with E-state index in [9.17, 15) is 8.42 Å². The molecule has 1 heterocycles. The predicted molar refractivity (Wildman–Crippen MR) is 78.6 cm³/mol. The van der Waals surface area contributed by atoms with E-state index < -0.39 is 16.1 Å². The highest BCUT2D eigenvalue weighted by Crippen LogP contribution is 2.29. The van der Waals surface area contributed by atoms with Gasteiger partial charge in [-0.2, -0.15) is 0 Å². The van der Waals surface area contributed by atoms with Crippen molar-refractivity contribution in [3.8, 4) is 0 Å². The van der Waals surface area contributed by atoms with E-state index in [1.165, 1.54) is 18.2 Å². The van der Waals surface area contributed by atoms with Crippen LogP contribution in [0.25, 0.3) is 0 Å². The van der Waals surface area contributed by atoms with Crippen LogP contribution < -0.4 is 4.72 Å². The van der Waals surface area contributed by atoms with Gasteiger partial charge in [-0.3, -0.25) is 0 Å². The van der Waals surface area contributed by atoms with Gasteiger partial charge in [0.2, 0.25) is 10.0 Å². The molecular weight excluding hydrogens is 321 g/mol. The number of hydrogen-bond donors (Lipinski definition) is 1. The zero-order valence-corrected chi connectivity index (χ0v) is 13.2. The van der Waals surface area contributed by atoms with E-state index in [1.807, 2.05) is 0 Å². The lowest BCUT2D eigenvalue weighted by atomic mass is 10.3. The normalized spacial score (nSPS) is 13.4. The highest BCUT2D eigenvalue weighted by atomic mass is 35.5. The SMILES string of the molecule is Cc1ccc(C(C)NS(=O)(=O)c2cccc(Cl)c2Cl)o1. The Kier molecular flexibility index (Phi) is 4.44. The molecule has 0 aliphatic heterocycles. The fourth-order valence-corrected chi connectivity index (χ4v) is 3.71. The number of aryl methyl sites for hydroxylation is 1. The third-order valence-electron chi connectivity index (χ3n) is 2.73. The van der Waals surface area contributed by atoms with Crippen molar-refractivity contribution in [3.05, 3.63) is 51.9 Å². The van der Waals surface area contributed by atoms with Crippen molar-refractivity contribution < 1.29 is 12.8 Å². The van der Waals surface area contributed by atoms with E-state index >= 15 is 0 Å². The van der Waals surface area contributed by atoms with Crippen LogP contribution in [0, 0.1) is 6.92 Å². The summed E-state index contributed by atoms with van der Waals surface area (Å²) in [6.45, 7) is 3.48. The number of furan rings is 1. The molecule has 2 aromatic rings. The summed E-state index contributed by atoms with van der Waals surface area (Å²) in [5.41, 5.74) is 0. The zero-order valence-electron chi connectivity index (χ0n) is 10.9. The molecule has 1 atom stereocenters. The number of nitrogens with one attached hydrogen (secondary N) is 1. The van der Waals surface area contributed by atoms with E-state index in [1.54, 1.807) is 26.0 Å². The molecule has 0 saturated carbocycles. The maximum absolute atomic E-state index is 12.3. The summed E-state index contributed by atoms with van der Waals surface area (Å²) in [7, 11) is -3.78. The van der Waals surface area contributed by atoms with Crippen LogP contribution in [0.4, 0.5) is 0 Å². The molecular formula is C13H13Cl2NO3S. The molecule has 0 radical (unpaired) electrons. The first-order chi connectivity index (χ1) is 9.31. The number of rotatable bonds is 4. The van der Waals surface area contributed by atoms with Gasteiger partial charge in [-0.15, -0.1) is 0 Å². The zero-order chi connectivity index (χ0) is 14.9. The van der Waals surface area contributed by atoms with Crippen molar-refractivity contribution in [3.63, 3.8) is 0 Å². The maximum Gasteiger partial charge on any atom is 0.242 e. The Labute approximate surface area is 127 Å². The van der Waals surface area contributed by atoms with E-state index in [2.05, 4.69) is 4.72 Å². The van der Waals surface area contributed by atoms with Gasteiger partial charge in [0.1, 0.15) is 16.4 Å². The lowest BCUT2D eigenvalue weighted by Crippen LogP contribution is -2.26. The minimum Gasteiger partial charge on any atom is -0.465 e. The molecule has 1 N–H and O–H groups in total. The Balaban J connectivity index is 2.30. The van der Waals surface area contributed by atoms with Crippen molar-refractivity contribution in [1.82, 2.24) is 4.72 Å². The summed E-state index contributed by atoms with van der Waals surface area (Å²) in [5.74, 6) is 1.25. The molecule has 108 valence electrons. The Bertz CT molecular complexity index is 725. The van der Waals surface area contributed by atoms with Crippen LogP contribution in [-0.2, 0) is 10.0 Å². The molecule has 1 unspecified atom stereocenters. The smallest absolute Gasteiger partial charge is 0.242 e. The molecule has 0 saturated heterocycles. The van der Waals surface area contributed by atoms with E-state index in [4.69, 9.17) is 27.6 Å². The highest BCUT2D eigenvalue weighted by molar-refractivity contribution is 7.89. The summed E-state index contributed by atoms with van der Waals surface area (Å²) in [6, 6.07) is 7.45. The second kappa shape index (κ2) is 5.77. The topological polar surface area (TPSA) is 59.3 Å². The van der Waals surface area contributed by atoms with Crippen molar-refractivity contribution in [2.24, 2.45) is 0 Å². The number of benzene rings is 1. The molecule has 0 amide bonds. The van der Waals surface area contributed by atoms with Gasteiger partial charge in [0.15, 0.2) is 0 Å². The second-order valence-electron chi connectivity index (χ2n) is 4.34. The molecule has 20 heavy (non-hydrogen) atoms. The molecule has 2 rings (SSSR count). The van der Waals surface area contributed by atoms with Crippen molar-refractivity contribution >= 4 is 33.2 Å². The standard InChI is InChI=1S/C13H13Cl2NO3S/c1-8-6-7-11(19-8)9(2)16-20(17,18)12-5-3-4-10(14)13(12)15/h3-7,9,16H,1-2H3. The Morgan fingerprint density at radius 3 is 2.50 bits per heavy atom. The molecule has 7 heteroatoms. The van der Waals surface area contributed by atoms with Gasteiger partial charge in [-0.25, -0.2) is 13.1 Å². The van der Waals surface area contributed by atoms with Crippen LogP contribution in [-0.4, -0.2) is 8.42 Å². The Morgan fingerprint density at radius 2 is 1.90 bits per heavy atom. The van der Waals surface area contributed by atoms with Crippen molar-refractivity contribution in [1.29, 1.82) is 0 Å². The monoisotopic (exact) mass is 333 g/mol. The molecule has 1 aromatic carbocycles. The summed E-state index contributed by atoms with van der Waals surface area (Å²) in [5, 5.41) is 0.195. The summed E-state index contributed by atoms with van der Waals surface area (Å²) in [4.78, 5) is -0.0539. The van der Waals surface area contributed by atoms with Gasteiger partial charge < -0.3 is 4.42 Å². The summed E-state index contributed by atoms with van der Waals surface area (Å²) >= 11 is 11.8. The molecule has 0 aliphatic carbocycles. The molecule has 4 nitrogen and oxygen atoms in total. The van der Waals surface area contributed by atoms with E-state index in [0.29, 0.717) is 11.5 Å². The van der Waals surface area contributed by atoms with E-state index in [0.717, 1.165) is 0 Å². The number of halogens is 2. The fourth-order valence-electron chi connectivity index (χ4n) is 1.73. The molecule has 1 aromatic heterocycles. The first-order valence-corrected chi connectivity index (χ1v) is 8.08. The molecule has 0 spiro atoms. The van der Waals surface area contributed by atoms with Crippen LogP contribution in [0.3, 0.4) is 0 Å². The van der Waals surface area contributed by atoms with Gasteiger partial charge in [0, 0.05) is 0 Å². The van der Waals surface area contributed by atoms with Gasteiger partial charge in [0.25, 0.3) is 0 Å². The van der Waals surface area contributed by atoms with Gasteiger partial charge in [-0.1, -0.05) is 29.3 Å². The summed E-state index contributed by atoms with van der Waals surface area (Å²) in [6.07, 6.45) is 0. The predicted octanol–water partition coefficient (Wildman–Crippen LogP) is 3.93. The molecule has 0 aliphatic rings. The van der Waals surface area contributed by atoms with Crippen LogP contribution in [0.15, 0.2) is 39.6 Å². The highest BCUT2D eigenvalue weighted by Gasteiger charge is 2.23. The van der Waals surface area contributed by atoms with Crippen LogP contribution >= 0.6 is 23.2 Å². The average Bonchev–Trinajstić information content (AvgIpc) is 2.79. The Morgan fingerprint density at radius 1 is 1.20 bits per heavy atom. The van der Waals surface area contributed by atoms with Crippen LogP contribution in [0.2, 0.25) is 10.0 Å².